The first-order valence-electron chi connectivity index (χ1n) is 5.28. The van der Waals surface area contributed by atoms with E-state index in [9.17, 15) is 14.4 Å². The normalized spacial score (nSPS) is 11.1. The van der Waals surface area contributed by atoms with E-state index in [4.69, 9.17) is 17.2 Å². The van der Waals surface area contributed by atoms with Crippen molar-refractivity contribution in [2.45, 2.75) is 18.9 Å². The highest BCUT2D eigenvalue weighted by Crippen LogP contribution is 1.97. The van der Waals surface area contributed by atoms with Crippen molar-refractivity contribution in [3.63, 3.8) is 0 Å². The molecule has 102 valence electrons. The first-order chi connectivity index (χ1) is 8.47. The van der Waals surface area contributed by atoms with E-state index in [1.165, 1.54) is 0 Å². The van der Waals surface area contributed by atoms with Gasteiger partial charge in [0.05, 0.1) is 6.54 Å². The van der Waals surface area contributed by atoms with Crippen LogP contribution in [-0.2, 0) is 14.4 Å². The van der Waals surface area contributed by atoms with Crippen molar-refractivity contribution in [3.8, 4) is 0 Å². The quantitative estimate of drug-likeness (QED) is 0.127. The van der Waals surface area contributed by atoms with Gasteiger partial charge in [-0.15, -0.1) is 0 Å². The van der Waals surface area contributed by atoms with E-state index in [-0.39, 0.29) is 12.5 Å². The van der Waals surface area contributed by atoms with E-state index in [0.29, 0.717) is 25.8 Å². The van der Waals surface area contributed by atoms with Crippen molar-refractivity contribution in [1.29, 1.82) is 0 Å². The first-order valence-corrected chi connectivity index (χ1v) is 5.28. The molecule has 0 rings (SSSR count). The van der Waals surface area contributed by atoms with E-state index < -0.39 is 17.9 Å². The topological polar surface area (TPSA) is 166 Å². The molecule has 9 nitrogen and oxygen atoms in total. The van der Waals surface area contributed by atoms with E-state index in [1.54, 1.807) is 0 Å². The standard InChI is InChI=1S/C9H18N6O3/c10-8(18)6(2-1-3-14-9(11)12)15-7(17)4-13-5-16/h5-6H,1-4H2,(H2,10,18)(H,13,16)(H,15,17)(H4,11,12,14). The monoisotopic (exact) mass is 258 g/mol. The van der Waals surface area contributed by atoms with E-state index in [1.807, 2.05) is 0 Å². The van der Waals surface area contributed by atoms with E-state index in [2.05, 4.69) is 15.6 Å². The lowest BCUT2D eigenvalue weighted by Crippen LogP contribution is -2.47. The Hall–Kier alpha value is -2.32. The van der Waals surface area contributed by atoms with Crippen LogP contribution < -0.4 is 27.8 Å². The molecule has 18 heavy (non-hydrogen) atoms. The number of nitrogens with one attached hydrogen (secondary N) is 2. The predicted molar refractivity (Wildman–Crippen MR) is 65.1 cm³/mol. The van der Waals surface area contributed by atoms with Crippen LogP contribution in [0.1, 0.15) is 12.8 Å². The van der Waals surface area contributed by atoms with Crippen molar-refractivity contribution >= 4 is 24.2 Å². The summed E-state index contributed by atoms with van der Waals surface area (Å²) in [6.45, 7) is 0.135. The van der Waals surface area contributed by atoms with Crippen LogP contribution in [-0.4, -0.2) is 43.3 Å². The zero-order valence-corrected chi connectivity index (χ0v) is 9.89. The third-order valence-corrected chi connectivity index (χ3v) is 1.97. The molecule has 0 aromatic rings. The molecule has 0 aliphatic heterocycles. The Balaban J connectivity index is 4.07. The van der Waals surface area contributed by atoms with Gasteiger partial charge in [-0.05, 0) is 12.8 Å². The highest BCUT2D eigenvalue weighted by Gasteiger charge is 2.16. The van der Waals surface area contributed by atoms with Crippen molar-refractivity contribution in [2.75, 3.05) is 13.1 Å². The van der Waals surface area contributed by atoms with Gasteiger partial charge in [-0.1, -0.05) is 0 Å². The van der Waals surface area contributed by atoms with Crippen molar-refractivity contribution < 1.29 is 14.4 Å². The number of carbonyl (C=O) groups excluding carboxylic acids is 3. The van der Waals surface area contributed by atoms with Crippen molar-refractivity contribution in [3.05, 3.63) is 0 Å². The average molecular weight is 258 g/mol. The minimum absolute atomic E-state index is 0.0372. The second-order valence-electron chi connectivity index (χ2n) is 3.47. The second kappa shape index (κ2) is 8.79. The lowest BCUT2D eigenvalue weighted by Gasteiger charge is -2.14. The summed E-state index contributed by atoms with van der Waals surface area (Å²) in [7, 11) is 0. The highest BCUT2D eigenvalue weighted by atomic mass is 16.2. The van der Waals surface area contributed by atoms with Gasteiger partial charge >= 0.3 is 0 Å². The fraction of sp³-hybridized carbons (Fsp3) is 0.556. The third-order valence-electron chi connectivity index (χ3n) is 1.97. The number of hydrogen-bond donors (Lipinski definition) is 5. The molecule has 9 heteroatoms. The number of rotatable bonds is 9. The Morgan fingerprint density at radius 1 is 1.28 bits per heavy atom. The van der Waals surface area contributed by atoms with Gasteiger partial charge in [0.15, 0.2) is 5.96 Å². The Morgan fingerprint density at radius 3 is 2.44 bits per heavy atom. The molecule has 8 N–H and O–H groups in total. The number of hydrogen-bond acceptors (Lipinski definition) is 4. The third kappa shape index (κ3) is 7.91. The summed E-state index contributed by atoms with van der Waals surface area (Å²) in [5.41, 5.74) is 15.4. The Labute approximate surface area is 104 Å². The zero-order chi connectivity index (χ0) is 14.0. The van der Waals surface area contributed by atoms with Crippen molar-refractivity contribution in [1.82, 2.24) is 10.6 Å². The zero-order valence-electron chi connectivity index (χ0n) is 9.89. The second-order valence-corrected chi connectivity index (χ2v) is 3.47. The molecule has 0 saturated heterocycles. The number of guanidine groups is 1. The van der Waals surface area contributed by atoms with Crippen LogP contribution in [0.25, 0.3) is 0 Å². The predicted octanol–water partition coefficient (Wildman–Crippen LogP) is -3.24. The first kappa shape index (κ1) is 15.7. The smallest absolute Gasteiger partial charge is 0.240 e. The van der Waals surface area contributed by atoms with Crippen LogP contribution in [0, 0.1) is 0 Å². The SMILES string of the molecule is NC(=O)C(CCCN=C(N)N)NC(=O)CNC=O. The molecular formula is C9H18N6O3. The molecule has 0 aromatic heterocycles. The Kier molecular flexibility index (Phi) is 7.66. The summed E-state index contributed by atoms with van der Waals surface area (Å²) in [5, 5.41) is 4.57. The molecule has 0 saturated carbocycles. The largest absolute Gasteiger partial charge is 0.370 e. The minimum atomic E-state index is -0.805. The molecule has 0 spiro atoms. The highest BCUT2D eigenvalue weighted by molar-refractivity contribution is 5.87. The van der Waals surface area contributed by atoms with Crippen LogP contribution in [0.5, 0.6) is 0 Å². The maximum Gasteiger partial charge on any atom is 0.240 e. The molecule has 1 unspecified atom stereocenters. The lowest BCUT2D eigenvalue weighted by atomic mass is 10.1. The van der Waals surface area contributed by atoms with Crippen LogP contribution in [0.3, 0.4) is 0 Å². The van der Waals surface area contributed by atoms with Gasteiger partial charge in [-0.25, -0.2) is 0 Å². The maximum absolute atomic E-state index is 11.2. The van der Waals surface area contributed by atoms with Gasteiger partial charge in [0.1, 0.15) is 6.04 Å². The molecule has 0 aliphatic carbocycles. The average Bonchev–Trinajstić information content (AvgIpc) is 2.29. The summed E-state index contributed by atoms with van der Waals surface area (Å²) in [4.78, 5) is 36.0. The molecular weight excluding hydrogens is 240 g/mol. The fourth-order valence-corrected chi connectivity index (χ4v) is 1.17. The summed E-state index contributed by atoms with van der Waals surface area (Å²) in [6.07, 6.45) is 1.20. The Bertz CT molecular complexity index is 326. The van der Waals surface area contributed by atoms with E-state index >= 15 is 0 Å². The number of nitrogens with two attached hydrogens (primary N) is 3. The molecule has 0 radical (unpaired) electrons. The van der Waals surface area contributed by atoms with Gasteiger partial charge in [0, 0.05) is 6.54 Å². The maximum atomic E-state index is 11.2. The van der Waals surface area contributed by atoms with Crippen LogP contribution >= 0.6 is 0 Å². The number of nitrogens with zero attached hydrogens (tertiary/aromatic N) is 1. The molecule has 1 atom stereocenters. The van der Waals surface area contributed by atoms with Crippen LogP contribution in [0.4, 0.5) is 0 Å². The lowest BCUT2D eigenvalue weighted by molar-refractivity contribution is -0.127. The molecule has 0 fully saturated rings. The van der Waals surface area contributed by atoms with Crippen LogP contribution in [0.2, 0.25) is 0 Å². The minimum Gasteiger partial charge on any atom is -0.370 e. The molecule has 0 aromatic carbocycles. The summed E-state index contributed by atoms with van der Waals surface area (Å²) in [6, 6.07) is -0.805. The van der Waals surface area contributed by atoms with Crippen molar-refractivity contribution in [2.24, 2.45) is 22.2 Å². The Morgan fingerprint density at radius 2 is 1.94 bits per heavy atom. The number of amides is 3. The van der Waals surface area contributed by atoms with Gasteiger partial charge in [0.2, 0.25) is 18.2 Å². The summed E-state index contributed by atoms with van der Waals surface area (Å²) >= 11 is 0. The summed E-state index contributed by atoms with van der Waals surface area (Å²) in [5.74, 6) is -1.18. The summed E-state index contributed by atoms with van der Waals surface area (Å²) < 4.78 is 0. The van der Waals surface area contributed by atoms with Gasteiger partial charge < -0.3 is 27.8 Å². The molecule has 0 aliphatic rings. The van der Waals surface area contributed by atoms with Gasteiger partial charge in [-0.2, -0.15) is 0 Å². The molecule has 3 amide bonds. The van der Waals surface area contributed by atoms with Gasteiger partial charge in [0.25, 0.3) is 0 Å². The number of carbonyl (C=O) groups is 3. The van der Waals surface area contributed by atoms with E-state index in [0.717, 1.165) is 0 Å². The van der Waals surface area contributed by atoms with Gasteiger partial charge in [-0.3, -0.25) is 19.4 Å². The van der Waals surface area contributed by atoms with Crippen LogP contribution in [0.15, 0.2) is 4.99 Å². The molecule has 0 bridgehead atoms. The number of primary amides is 1. The molecule has 0 heterocycles. The number of aliphatic imine (C=N–C) groups is 1. The fourth-order valence-electron chi connectivity index (χ4n) is 1.17.